The zero-order valence-corrected chi connectivity index (χ0v) is 11.1. The maximum atomic E-state index is 12.2. The van der Waals surface area contributed by atoms with Gasteiger partial charge in [0.15, 0.2) is 0 Å². The first-order chi connectivity index (χ1) is 7.79. The van der Waals surface area contributed by atoms with Crippen molar-refractivity contribution in [1.82, 2.24) is 5.32 Å². The molecule has 1 unspecified atom stereocenters. The summed E-state index contributed by atoms with van der Waals surface area (Å²) in [6.45, 7) is 7.76. The smallest absolute Gasteiger partial charge is 0.244 e. The number of benzene rings is 1. The number of amides is 1. The highest BCUT2D eigenvalue weighted by Gasteiger charge is 2.33. The number of hydrogen-bond donors (Lipinski definition) is 2. The van der Waals surface area contributed by atoms with Gasteiger partial charge in [0.2, 0.25) is 5.91 Å². The van der Waals surface area contributed by atoms with Crippen LogP contribution in [0, 0.1) is 0 Å². The van der Waals surface area contributed by atoms with Gasteiger partial charge in [0.1, 0.15) is 5.54 Å². The van der Waals surface area contributed by atoms with Gasteiger partial charge in [-0.05, 0) is 32.8 Å². The monoisotopic (exact) mass is 234 g/mol. The molecule has 1 atom stereocenters. The summed E-state index contributed by atoms with van der Waals surface area (Å²) >= 11 is 0. The molecule has 1 rings (SSSR count). The van der Waals surface area contributed by atoms with Gasteiger partial charge in [-0.3, -0.25) is 4.79 Å². The lowest BCUT2D eigenvalue weighted by Gasteiger charge is -2.31. The van der Waals surface area contributed by atoms with Crippen LogP contribution in [-0.4, -0.2) is 11.4 Å². The lowest BCUT2D eigenvalue weighted by Crippen LogP contribution is -2.55. The Hall–Kier alpha value is -1.35. The molecule has 0 saturated carbocycles. The van der Waals surface area contributed by atoms with E-state index in [1.54, 1.807) is 6.92 Å². The van der Waals surface area contributed by atoms with Crippen molar-refractivity contribution in [3.05, 3.63) is 35.9 Å². The van der Waals surface area contributed by atoms with Crippen molar-refractivity contribution in [1.29, 1.82) is 0 Å². The van der Waals surface area contributed by atoms with Gasteiger partial charge < -0.3 is 11.1 Å². The van der Waals surface area contributed by atoms with Crippen LogP contribution in [0.25, 0.3) is 0 Å². The number of rotatable bonds is 4. The van der Waals surface area contributed by atoms with Crippen LogP contribution in [0.5, 0.6) is 0 Å². The summed E-state index contributed by atoms with van der Waals surface area (Å²) in [6, 6.07) is 9.43. The topological polar surface area (TPSA) is 55.1 Å². The van der Waals surface area contributed by atoms with Crippen LogP contribution in [0.1, 0.15) is 39.7 Å². The van der Waals surface area contributed by atoms with Crippen molar-refractivity contribution < 1.29 is 4.79 Å². The number of carbonyl (C=O) groups excluding carboxylic acids is 1. The van der Waals surface area contributed by atoms with Gasteiger partial charge in [-0.1, -0.05) is 37.3 Å². The van der Waals surface area contributed by atoms with E-state index < -0.39 is 5.54 Å². The Morgan fingerprint density at radius 1 is 1.24 bits per heavy atom. The van der Waals surface area contributed by atoms with E-state index >= 15 is 0 Å². The fourth-order valence-electron chi connectivity index (χ4n) is 1.44. The quantitative estimate of drug-likeness (QED) is 0.839. The van der Waals surface area contributed by atoms with Crippen LogP contribution in [0.15, 0.2) is 30.3 Å². The van der Waals surface area contributed by atoms with Crippen molar-refractivity contribution >= 4 is 5.91 Å². The summed E-state index contributed by atoms with van der Waals surface area (Å²) in [4.78, 5) is 12.2. The van der Waals surface area contributed by atoms with Crippen LogP contribution in [0.2, 0.25) is 0 Å². The Kier molecular flexibility index (Phi) is 3.94. The molecular formula is C14H22N2O. The Bertz CT molecular complexity index is 382. The van der Waals surface area contributed by atoms with Crippen molar-refractivity contribution in [3.63, 3.8) is 0 Å². The van der Waals surface area contributed by atoms with Crippen molar-refractivity contribution in [2.24, 2.45) is 5.73 Å². The van der Waals surface area contributed by atoms with Gasteiger partial charge in [0, 0.05) is 5.54 Å². The molecule has 0 bridgehead atoms. The summed E-state index contributed by atoms with van der Waals surface area (Å²) in [6.07, 6.45) is 0.865. The van der Waals surface area contributed by atoms with E-state index in [1.807, 2.05) is 51.1 Å². The van der Waals surface area contributed by atoms with Gasteiger partial charge in [0.05, 0.1) is 0 Å². The van der Waals surface area contributed by atoms with E-state index in [-0.39, 0.29) is 11.4 Å². The zero-order valence-electron chi connectivity index (χ0n) is 11.1. The third-order valence-electron chi connectivity index (χ3n) is 3.18. The molecule has 3 heteroatoms. The lowest BCUT2D eigenvalue weighted by atomic mass is 9.90. The number of nitrogens with two attached hydrogens (primary N) is 1. The standard InChI is InChI=1S/C14H22N2O/c1-5-13(2,3)16-12(17)14(4,15)11-9-7-6-8-10-11/h6-10H,5,15H2,1-4H3,(H,16,17). The number of nitrogens with one attached hydrogen (secondary N) is 1. The predicted octanol–water partition coefficient (Wildman–Crippen LogP) is 2.17. The van der Waals surface area contributed by atoms with Gasteiger partial charge in [0.25, 0.3) is 0 Å². The first-order valence-electron chi connectivity index (χ1n) is 5.96. The van der Waals surface area contributed by atoms with Gasteiger partial charge >= 0.3 is 0 Å². The second-order valence-electron chi connectivity index (χ2n) is 5.26. The third-order valence-corrected chi connectivity index (χ3v) is 3.18. The minimum absolute atomic E-state index is 0.143. The summed E-state index contributed by atoms with van der Waals surface area (Å²) in [7, 11) is 0. The van der Waals surface area contributed by atoms with Crippen LogP contribution >= 0.6 is 0 Å². The lowest BCUT2D eigenvalue weighted by molar-refractivity contribution is -0.127. The average molecular weight is 234 g/mol. The van der Waals surface area contributed by atoms with E-state index in [0.717, 1.165) is 12.0 Å². The number of carbonyl (C=O) groups is 1. The van der Waals surface area contributed by atoms with Crippen LogP contribution in [0.4, 0.5) is 0 Å². The Morgan fingerprint density at radius 3 is 2.24 bits per heavy atom. The summed E-state index contributed by atoms with van der Waals surface area (Å²) in [5.74, 6) is -0.143. The molecule has 0 aromatic heterocycles. The van der Waals surface area contributed by atoms with Gasteiger partial charge in [-0.25, -0.2) is 0 Å². The van der Waals surface area contributed by atoms with E-state index in [1.165, 1.54) is 0 Å². The van der Waals surface area contributed by atoms with Crippen LogP contribution in [-0.2, 0) is 10.3 Å². The molecule has 94 valence electrons. The predicted molar refractivity (Wildman–Crippen MR) is 70.5 cm³/mol. The highest BCUT2D eigenvalue weighted by Crippen LogP contribution is 2.19. The Balaban J connectivity index is 2.88. The molecule has 0 heterocycles. The number of hydrogen-bond acceptors (Lipinski definition) is 2. The maximum absolute atomic E-state index is 12.2. The molecule has 0 aliphatic rings. The molecular weight excluding hydrogens is 212 g/mol. The molecule has 17 heavy (non-hydrogen) atoms. The Morgan fingerprint density at radius 2 is 1.76 bits per heavy atom. The van der Waals surface area contributed by atoms with Gasteiger partial charge in [-0.2, -0.15) is 0 Å². The molecule has 0 aliphatic heterocycles. The first kappa shape index (κ1) is 13.7. The van der Waals surface area contributed by atoms with E-state index in [0.29, 0.717) is 0 Å². The largest absolute Gasteiger partial charge is 0.349 e. The summed E-state index contributed by atoms with van der Waals surface area (Å²) in [5.41, 5.74) is 5.73. The van der Waals surface area contributed by atoms with Crippen molar-refractivity contribution in [2.45, 2.75) is 45.2 Å². The molecule has 0 radical (unpaired) electrons. The van der Waals surface area contributed by atoms with Crippen molar-refractivity contribution in [2.75, 3.05) is 0 Å². The molecule has 0 fully saturated rings. The first-order valence-corrected chi connectivity index (χ1v) is 5.96. The molecule has 0 saturated heterocycles. The average Bonchev–Trinajstić information content (AvgIpc) is 2.29. The molecule has 3 N–H and O–H groups in total. The van der Waals surface area contributed by atoms with E-state index in [9.17, 15) is 4.79 Å². The zero-order chi connectivity index (χ0) is 13.1. The van der Waals surface area contributed by atoms with Crippen LogP contribution < -0.4 is 11.1 Å². The molecule has 1 amide bonds. The molecule has 1 aromatic carbocycles. The van der Waals surface area contributed by atoms with Crippen LogP contribution in [0.3, 0.4) is 0 Å². The van der Waals surface area contributed by atoms with Gasteiger partial charge in [-0.15, -0.1) is 0 Å². The SMILES string of the molecule is CCC(C)(C)NC(=O)C(C)(N)c1ccccc1. The van der Waals surface area contributed by atoms with E-state index in [2.05, 4.69) is 5.32 Å². The van der Waals surface area contributed by atoms with Crippen molar-refractivity contribution in [3.8, 4) is 0 Å². The molecule has 0 spiro atoms. The second-order valence-corrected chi connectivity index (χ2v) is 5.26. The Labute approximate surface area is 103 Å². The minimum atomic E-state index is -0.992. The molecule has 0 aliphatic carbocycles. The fourth-order valence-corrected chi connectivity index (χ4v) is 1.44. The maximum Gasteiger partial charge on any atom is 0.244 e. The van der Waals surface area contributed by atoms with E-state index in [4.69, 9.17) is 5.73 Å². The third kappa shape index (κ3) is 3.30. The highest BCUT2D eigenvalue weighted by molar-refractivity contribution is 5.87. The second kappa shape index (κ2) is 4.88. The fraction of sp³-hybridized carbons (Fsp3) is 0.500. The summed E-state index contributed by atoms with van der Waals surface area (Å²) < 4.78 is 0. The normalized spacial score (nSPS) is 15.1. The molecule has 3 nitrogen and oxygen atoms in total. The summed E-state index contributed by atoms with van der Waals surface area (Å²) in [5, 5.41) is 2.98. The molecule has 1 aromatic rings. The highest BCUT2D eigenvalue weighted by atomic mass is 16.2. The minimum Gasteiger partial charge on any atom is -0.349 e.